The molecule has 0 spiro atoms. The minimum Gasteiger partial charge on any atom is -0.312 e. The Hall–Kier alpha value is -0.130. The summed E-state index contributed by atoms with van der Waals surface area (Å²) in [6.07, 6.45) is 3.53. The topological polar surface area (TPSA) is 37.8 Å². The fourth-order valence-corrected chi connectivity index (χ4v) is 4.46. The maximum atomic E-state index is 4.40. The van der Waals surface area contributed by atoms with Gasteiger partial charge in [0, 0.05) is 18.5 Å². The molecular formula is C13H23N3S2. The maximum absolute atomic E-state index is 4.40. The lowest BCUT2D eigenvalue weighted by Crippen LogP contribution is -2.37. The van der Waals surface area contributed by atoms with E-state index in [0.29, 0.717) is 0 Å². The number of thioether (sulfide) groups is 1. The molecule has 1 aliphatic heterocycles. The van der Waals surface area contributed by atoms with E-state index in [4.69, 9.17) is 0 Å². The molecule has 2 heterocycles. The van der Waals surface area contributed by atoms with Gasteiger partial charge in [-0.3, -0.25) is 0 Å². The molecule has 3 nitrogen and oxygen atoms in total. The van der Waals surface area contributed by atoms with Gasteiger partial charge in [-0.15, -0.1) is 33.3 Å². The molecule has 1 aromatic heterocycles. The van der Waals surface area contributed by atoms with Crippen molar-refractivity contribution in [2.45, 2.75) is 57.2 Å². The summed E-state index contributed by atoms with van der Waals surface area (Å²) in [4.78, 5) is 0. The van der Waals surface area contributed by atoms with E-state index in [1.165, 1.54) is 23.6 Å². The van der Waals surface area contributed by atoms with E-state index in [1.54, 1.807) is 11.3 Å². The van der Waals surface area contributed by atoms with Crippen LogP contribution in [0.25, 0.3) is 0 Å². The lowest BCUT2D eigenvalue weighted by molar-refractivity contribution is 0.429. The quantitative estimate of drug-likeness (QED) is 0.922. The van der Waals surface area contributed by atoms with Gasteiger partial charge in [0.1, 0.15) is 10.0 Å². The van der Waals surface area contributed by atoms with Crippen molar-refractivity contribution in [3.05, 3.63) is 10.0 Å². The fraction of sp³-hybridized carbons (Fsp3) is 0.846. The van der Waals surface area contributed by atoms with Crippen LogP contribution in [0.4, 0.5) is 0 Å². The average molecular weight is 285 g/mol. The molecule has 0 aliphatic carbocycles. The highest BCUT2D eigenvalue weighted by atomic mass is 32.2. The summed E-state index contributed by atoms with van der Waals surface area (Å²) in [5.41, 5.74) is 0.181. The predicted molar refractivity (Wildman–Crippen MR) is 80.4 cm³/mol. The molecule has 1 N–H and O–H groups in total. The molecule has 5 heteroatoms. The molecule has 1 unspecified atom stereocenters. The minimum absolute atomic E-state index is 0.181. The first-order valence-corrected chi connectivity index (χ1v) is 8.41. The number of aromatic nitrogens is 2. The molecule has 1 aromatic rings. The van der Waals surface area contributed by atoms with E-state index in [0.717, 1.165) is 18.0 Å². The van der Waals surface area contributed by atoms with Crippen LogP contribution in [0.1, 0.15) is 50.6 Å². The molecule has 0 bridgehead atoms. The summed E-state index contributed by atoms with van der Waals surface area (Å²) < 4.78 is 0.230. The Morgan fingerprint density at radius 1 is 1.33 bits per heavy atom. The summed E-state index contributed by atoms with van der Waals surface area (Å²) in [5, 5.41) is 14.6. The van der Waals surface area contributed by atoms with Crippen molar-refractivity contribution in [1.82, 2.24) is 15.5 Å². The fourth-order valence-electron chi connectivity index (χ4n) is 2.06. The number of nitrogens with one attached hydrogen (secondary N) is 1. The second-order valence-electron chi connectivity index (χ2n) is 6.11. The highest BCUT2D eigenvalue weighted by Crippen LogP contribution is 2.46. The lowest BCUT2D eigenvalue weighted by Gasteiger charge is -2.20. The molecular weight excluding hydrogens is 262 g/mol. The van der Waals surface area contributed by atoms with Crippen LogP contribution in [0.15, 0.2) is 0 Å². The summed E-state index contributed by atoms with van der Waals surface area (Å²) in [6.45, 7) is 9.85. The third-order valence-corrected chi connectivity index (χ3v) is 6.04. The van der Waals surface area contributed by atoms with Gasteiger partial charge >= 0.3 is 0 Å². The van der Waals surface area contributed by atoms with Crippen LogP contribution in [-0.2, 0) is 11.2 Å². The molecule has 1 saturated heterocycles. The lowest BCUT2D eigenvalue weighted by atomic mass is 10.1. The first kappa shape index (κ1) is 14.3. The van der Waals surface area contributed by atoms with Crippen LogP contribution in [0.2, 0.25) is 0 Å². The van der Waals surface area contributed by atoms with Crippen molar-refractivity contribution in [3.8, 4) is 0 Å². The molecule has 0 amide bonds. The summed E-state index contributed by atoms with van der Waals surface area (Å²) in [7, 11) is 0. The van der Waals surface area contributed by atoms with Crippen molar-refractivity contribution < 1.29 is 0 Å². The molecule has 0 aromatic carbocycles. The monoisotopic (exact) mass is 285 g/mol. The smallest absolute Gasteiger partial charge is 0.133 e. The SMILES string of the molecule is CC(C)(C)NCCc1nnc(C2(C)CCCS2)s1. The van der Waals surface area contributed by atoms with Gasteiger partial charge in [-0.05, 0) is 46.3 Å². The van der Waals surface area contributed by atoms with Crippen LogP contribution in [0.5, 0.6) is 0 Å². The van der Waals surface area contributed by atoms with Crippen molar-refractivity contribution in [2.75, 3.05) is 12.3 Å². The van der Waals surface area contributed by atoms with Gasteiger partial charge in [0.25, 0.3) is 0 Å². The number of hydrogen-bond donors (Lipinski definition) is 1. The summed E-state index contributed by atoms with van der Waals surface area (Å²) in [5.74, 6) is 1.26. The Bertz CT molecular complexity index is 389. The molecule has 1 fully saturated rings. The Morgan fingerprint density at radius 2 is 2.11 bits per heavy atom. The van der Waals surface area contributed by atoms with E-state index >= 15 is 0 Å². The molecule has 18 heavy (non-hydrogen) atoms. The Kier molecular flexibility index (Phi) is 4.34. The molecule has 1 atom stereocenters. The molecule has 0 saturated carbocycles. The summed E-state index contributed by atoms with van der Waals surface area (Å²) >= 11 is 3.83. The standard InChI is InChI=1S/C13H23N3S2/c1-12(2,3)14-8-6-10-15-16-11(18-10)13(4)7-5-9-17-13/h14H,5-9H2,1-4H3. The zero-order valence-corrected chi connectivity index (χ0v) is 13.4. The number of rotatable bonds is 4. The van der Waals surface area contributed by atoms with Gasteiger partial charge in [-0.25, -0.2) is 0 Å². The van der Waals surface area contributed by atoms with Crippen LogP contribution in [0.3, 0.4) is 0 Å². The zero-order chi connectivity index (χ0) is 13.2. The average Bonchev–Trinajstić information content (AvgIpc) is 2.86. The van der Waals surface area contributed by atoms with Crippen LogP contribution < -0.4 is 5.32 Å². The van der Waals surface area contributed by atoms with Crippen molar-refractivity contribution in [3.63, 3.8) is 0 Å². The zero-order valence-electron chi connectivity index (χ0n) is 11.7. The van der Waals surface area contributed by atoms with Crippen LogP contribution in [0, 0.1) is 0 Å². The Morgan fingerprint density at radius 3 is 2.72 bits per heavy atom. The van der Waals surface area contributed by atoms with Crippen molar-refractivity contribution >= 4 is 23.1 Å². The minimum atomic E-state index is 0.181. The van der Waals surface area contributed by atoms with Gasteiger partial charge in [0.2, 0.25) is 0 Å². The largest absolute Gasteiger partial charge is 0.312 e. The maximum Gasteiger partial charge on any atom is 0.133 e. The van der Waals surface area contributed by atoms with Gasteiger partial charge in [0.05, 0.1) is 4.75 Å². The Labute approximate surface area is 118 Å². The number of nitrogens with zero attached hydrogens (tertiary/aromatic N) is 2. The Balaban J connectivity index is 1.90. The second kappa shape index (κ2) is 5.47. The first-order valence-electron chi connectivity index (χ1n) is 6.61. The predicted octanol–water partition coefficient (Wildman–Crippen LogP) is 3.21. The molecule has 102 valence electrons. The van der Waals surface area contributed by atoms with E-state index in [-0.39, 0.29) is 10.3 Å². The van der Waals surface area contributed by atoms with Gasteiger partial charge in [-0.1, -0.05) is 0 Å². The van der Waals surface area contributed by atoms with E-state index in [9.17, 15) is 0 Å². The van der Waals surface area contributed by atoms with Gasteiger partial charge < -0.3 is 5.32 Å². The van der Waals surface area contributed by atoms with Crippen LogP contribution in [-0.4, -0.2) is 28.0 Å². The highest BCUT2D eigenvalue weighted by molar-refractivity contribution is 8.00. The number of hydrogen-bond acceptors (Lipinski definition) is 5. The molecule has 1 aliphatic rings. The summed E-state index contributed by atoms with van der Waals surface area (Å²) in [6, 6.07) is 0. The van der Waals surface area contributed by atoms with Crippen molar-refractivity contribution in [2.24, 2.45) is 0 Å². The second-order valence-corrected chi connectivity index (χ2v) is 8.77. The first-order chi connectivity index (χ1) is 8.39. The third-order valence-electron chi connectivity index (χ3n) is 3.13. The van der Waals surface area contributed by atoms with E-state index < -0.39 is 0 Å². The van der Waals surface area contributed by atoms with Gasteiger partial charge in [-0.2, -0.15) is 0 Å². The third kappa shape index (κ3) is 3.68. The van der Waals surface area contributed by atoms with Crippen molar-refractivity contribution in [1.29, 1.82) is 0 Å². The van der Waals surface area contributed by atoms with E-state index in [2.05, 4.69) is 43.2 Å². The molecule has 2 rings (SSSR count). The highest BCUT2D eigenvalue weighted by Gasteiger charge is 2.34. The van der Waals surface area contributed by atoms with E-state index in [1.807, 2.05) is 11.8 Å². The van der Waals surface area contributed by atoms with Gasteiger partial charge in [0.15, 0.2) is 0 Å². The normalized spacial score (nSPS) is 24.7. The van der Waals surface area contributed by atoms with Crippen LogP contribution >= 0.6 is 23.1 Å². The molecule has 0 radical (unpaired) electrons.